The van der Waals surface area contributed by atoms with Crippen molar-refractivity contribution in [2.45, 2.75) is 6.42 Å². The van der Waals surface area contributed by atoms with Gasteiger partial charge in [0.05, 0.1) is 18.1 Å². The number of rotatable bonds is 4. The fourth-order valence-corrected chi connectivity index (χ4v) is 2.55. The molecule has 2 aromatic carbocycles. The van der Waals surface area contributed by atoms with Gasteiger partial charge in [-0.1, -0.05) is 24.3 Å². The number of benzene rings is 2. The van der Waals surface area contributed by atoms with Crippen LogP contribution in [0.4, 0.5) is 0 Å². The van der Waals surface area contributed by atoms with Gasteiger partial charge in [0.15, 0.2) is 0 Å². The van der Waals surface area contributed by atoms with Gasteiger partial charge >= 0.3 is 0 Å². The van der Waals surface area contributed by atoms with Gasteiger partial charge in [-0.3, -0.25) is 0 Å². The fourth-order valence-electron chi connectivity index (χ4n) is 2.55. The summed E-state index contributed by atoms with van der Waals surface area (Å²) in [6.07, 6.45) is 0.903. The summed E-state index contributed by atoms with van der Waals surface area (Å²) in [5, 5.41) is 0. The van der Waals surface area contributed by atoms with E-state index in [9.17, 15) is 0 Å². The van der Waals surface area contributed by atoms with Gasteiger partial charge in [0.1, 0.15) is 11.6 Å². The van der Waals surface area contributed by atoms with Crippen LogP contribution in [0.1, 0.15) is 5.56 Å². The molecule has 0 aliphatic heterocycles. The zero-order chi connectivity index (χ0) is 14.8. The summed E-state index contributed by atoms with van der Waals surface area (Å²) in [5.41, 5.74) is 9.98. The number of ether oxygens (including phenoxy) is 1. The molecule has 0 bridgehead atoms. The van der Waals surface area contributed by atoms with Gasteiger partial charge in [0.25, 0.3) is 0 Å². The van der Waals surface area contributed by atoms with E-state index in [1.807, 2.05) is 25.2 Å². The maximum Gasteiger partial charge on any atom is 0.140 e. The summed E-state index contributed by atoms with van der Waals surface area (Å²) < 4.78 is 7.36. The summed E-state index contributed by atoms with van der Waals surface area (Å²) in [6.45, 7) is 0.672. The molecule has 108 valence electrons. The zero-order valence-corrected chi connectivity index (χ0v) is 12.3. The number of aromatic nitrogens is 2. The average Bonchev–Trinajstić information content (AvgIpc) is 2.85. The van der Waals surface area contributed by atoms with Crippen molar-refractivity contribution in [3.05, 3.63) is 48.0 Å². The second-order valence-corrected chi connectivity index (χ2v) is 5.08. The average molecular weight is 281 g/mol. The first-order valence-corrected chi connectivity index (χ1v) is 7.03. The molecule has 0 saturated carbocycles. The molecule has 1 heterocycles. The summed E-state index contributed by atoms with van der Waals surface area (Å²) in [7, 11) is 3.70. The highest BCUT2D eigenvalue weighted by molar-refractivity contribution is 5.81. The standard InChI is InChI=1S/C17H19N3O/c1-20-16-8-7-14(21-2)11-15(16)19-17(20)13-5-3-12(4-6-13)9-10-18/h3-8,11H,9-10,18H2,1-2H3. The van der Waals surface area contributed by atoms with Gasteiger partial charge in [-0.25, -0.2) is 4.98 Å². The lowest BCUT2D eigenvalue weighted by Gasteiger charge is -2.04. The van der Waals surface area contributed by atoms with E-state index in [4.69, 9.17) is 15.5 Å². The van der Waals surface area contributed by atoms with Crippen molar-refractivity contribution in [1.82, 2.24) is 9.55 Å². The predicted molar refractivity (Wildman–Crippen MR) is 85.5 cm³/mol. The van der Waals surface area contributed by atoms with Crippen molar-refractivity contribution in [1.29, 1.82) is 0 Å². The molecule has 1 aromatic heterocycles. The molecule has 0 aliphatic rings. The highest BCUT2D eigenvalue weighted by Crippen LogP contribution is 2.26. The van der Waals surface area contributed by atoms with Crippen LogP contribution >= 0.6 is 0 Å². The van der Waals surface area contributed by atoms with Crippen molar-refractivity contribution in [2.75, 3.05) is 13.7 Å². The number of imidazole rings is 1. The first kappa shape index (κ1) is 13.6. The van der Waals surface area contributed by atoms with Crippen LogP contribution in [0.25, 0.3) is 22.4 Å². The summed E-state index contributed by atoms with van der Waals surface area (Å²) in [6, 6.07) is 14.4. The molecule has 0 amide bonds. The Morgan fingerprint density at radius 1 is 1.14 bits per heavy atom. The van der Waals surface area contributed by atoms with E-state index in [1.165, 1.54) is 5.56 Å². The van der Waals surface area contributed by atoms with Gasteiger partial charge in [-0.15, -0.1) is 0 Å². The van der Waals surface area contributed by atoms with Crippen LogP contribution in [0.3, 0.4) is 0 Å². The van der Waals surface area contributed by atoms with E-state index in [0.29, 0.717) is 6.54 Å². The molecule has 0 unspecified atom stereocenters. The van der Waals surface area contributed by atoms with E-state index >= 15 is 0 Å². The third-order valence-corrected chi connectivity index (χ3v) is 3.73. The predicted octanol–water partition coefficient (Wildman–Crippen LogP) is 2.75. The zero-order valence-electron chi connectivity index (χ0n) is 12.3. The number of nitrogens with zero attached hydrogens (tertiary/aromatic N) is 2. The second kappa shape index (κ2) is 5.58. The van der Waals surface area contributed by atoms with E-state index in [-0.39, 0.29) is 0 Å². The molecule has 2 N–H and O–H groups in total. The third-order valence-electron chi connectivity index (χ3n) is 3.73. The van der Waals surface area contributed by atoms with Crippen molar-refractivity contribution < 1.29 is 4.74 Å². The Kier molecular flexibility index (Phi) is 3.62. The fraction of sp³-hybridized carbons (Fsp3) is 0.235. The Hall–Kier alpha value is -2.33. The van der Waals surface area contributed by atoms with E-state index in [2.05, 4.69) is 28.8 Å². The SMILES string of the molecule is COc1ccc2c(c1)nc(-c1ccc(CCN)cc1)n2C. The third kappa shape index (κ3) is 2.50. The smallest absolute Gasteiger partial charge is 0.140 e. The van der Waals surface area contributed by atoms with Gasteiger partial charge in [-0.2, -0.15) is 0 Å². The number of hydrogen-bond donors (Lipinski definition) is 1. The lowest BCUT2D eigenvalue weighted by atomic mass is 10.1. The van der Waals surface area contributed by atoms with Crippen LogP contribution in [-0.4, -0.2) is 23.2 Å². The van der Waals surface area contributed by atoms with Crippen LogP contribution in [-0.2, 0) is 13.5 Å². The summed E-state index contributed by atoms with van der Waals surface area (Å²) >= 11 is 0. The molecule has 0 atom stereocenters. The van der Waals surface area contributed by atoms with Gasteiger partial charge in [-0.05, 0) is 30.7 Å². The maximum atomic E-state index is 5.58. The van der Waals surface area contributed by atoms with Crippen LogP contribution in [0, 0.1) is 0 Å². The topological polar surface area (TPSA) is 53.1 Å². The van der Waals surface area contributed by atoms with Crippen molar-refractivity contribution in [3.8, 4) is 17.1 Å². The lowest BCUT2D eigenvalue weighted by Crippen LogP contribution is -2.02. The Labute approximate surface area is 124 Å². The monoisotopic (exact) mass is 281 g/mol. The van der Waals surface area contributed by atoms with Crippen LogP contribution in [0.2, 0.25) is 0 Å². The quantitative estimate of drug-likeness (QED) is 0.800. The van der Waals surface area contributed by atoms with Gasteiger partial charge in [0.2, 0.25) is 0 Å². The van der Waals surface area contributed by atoms with Gasteiger partial charge in [0, 0.05) is 18.7 Å². The van der Waals surface area contributed by atoms with E-state index < -0.39 is 0 Å². The molecule has 0 saturated heterocycles. The highest BCUT2D eigenvalue weighted by Gasteiger charge is 2.10. The molecule has 0 spiro atoms. The Morgan fingerprint density at radius 2 is 1.90 bits per heavy atom. The first-order chi connectivity index (χ1) is 10.2. The molecule has 3 rings (SSSR count). The molecule has 21 heavy (non-hydrogen) atoms. The number of fused-ring (bicyclic) bond motifs is 1. The van der Waals surface area contributed by atoms with Crippen molar-refractivity contribution >= 4 is 11.0 Å². The molecule has 4 heteroatoms. The van der Waals surface area contributed by atoms with Crippen molar-refractivity contribution in [3.63, 3.8) is 0 Å². The Balaban J connectivity index is 2.05. The van der Waals surface area contributed by atoms with Gasteiger partial charge < -0.3 is 15.0 Å². The molecular weight excluding hydrogens is 262 g/mol. The Morgan fingerprint density at radius 3 is 2.57 bits per heavy atom. The van der Waals surface area contributed by atoms with Crippen LogP contribution in [0.5, 0.6) is 5.75 Å². The molecule has 0 radical (unpaired) electrons. The molecule has 0 aliphatic carbocycles. The number of hydrogen-bond acceptors (Lipinski definition) is 3. The summed E-state index contributed by atoms with van der Waals surface area (Å²) in [4.78, 5) is 4.73. The summed E-state index contributed by atoms with van der Waals surface area (Å²) in [5.74, 6) is 1.78. The number of methoxy groups -OCH3 is 1. The number of aryl methyl sites for hydroxylation is 1. The minimum absolute atomic E-state index is 0.672. The number of nitrogens with two attached hydrogens (primary N) is 1. The van der Waals surface area contributed by atoms with Crippen molar-refractivity contribution in [2.24, 2.45) is 12.8 Å². The van der Waals surface area contributed by atoms with Crippen LogP contribution < -0.4 is 10.5 Å². The largest absolute Gasteiger partial charge is 0.497 e. The first-order valence-electron chi connectivity index (χ1n) is 7.03. The van der Waals surface area contributed by atoms with E-state index in [0.717, 1.165) is 34.6 Å². The van der Waals surface area contributed by atoms with E-state index in [1.54, 1.807) is 7.11 Å². The molecular formula is C17H19N3O. The maximum absolute atomic E-state index is 5.58. The minimum Gasteiger partial charge on any atom is -0.497 e. The second-order valence-electron chi connectivity index (χ2n) is 5.08. The minimum atomic E-state index is 0.672. The molecule has 4 nitrogen and oxygen atoms in total. The molecule has 3 aromatic rings. The van der Waals surface area contributed by atoms with Crippen LogP contribution in [0.15, 0.2) is 42.5 Å². The lowest BCUT2D eigenvalue weighted by molar-refractivity contribution is 0.415. The molecule has 0 fully saturated rings. The normalized spacial score (nSPS) is 11.0. The Bertz CT molecular complexity index is 760. The highest BCUT2D eigenvalue weighted by atomic mass is 16.5.